The van der Waals surface area contributed by atoms with Crippen LogP contribution in [-0.2, 0) is 6.18 Å². The van der Waals surface area contributed by atoms with Crippen LogP contribution in [0.5, 0.6) is 0 Å². The van der Waals surface area contributed by atoms with Gasteiger partial charge in [0.1, 0.15) is 5.82 Å². The molecule has 9 heteroatoms. The largest absolute Gasteiger partial charge is 0.419 e. The van der Waals surface area contributed by atoms with Gasteiger partial charge in [0.05, 0.1) is 11.3 Å². The van der Waals surface area contributed by atoms with E-state index in [4.69, 9.17) is 5.73 Å². The summed E-state index contributed by atoms with van der Waals surface area (Å²) in [6, 6.07) is 3.70. The second-order valence-corrected chi connectivity index (χ2v) is 9.63. The molecule has 0 spiro atoms. The van der Waals surface area contributed by atoms with Crippen LogP contribution in [0.3, 0.4) is 0 Å². The van der Waals surface area contributed by atoms with E-state index in [1.165, 1.54) is 6.20 Å². The average molecular weight is 435 g/mol. The molecule has 2 aromatic heterocycles. The number of alkyl halides is 3. The highest BCUT2D eigenvalue weighted by Crippen LogP contribution is 2.64. The first-order valence-corrected chi connectivity index (χ1v) is 10.9. The van der Waals surface area contributed by atoms with Crippen LogP contribution in [-0.4, -0.2) is 50.5 Å². The van der Waals surface area contributed by atoms with Crippen molar-refractivity contribution < 1.29 is 18.3 Å². The number of aromatic nitrogens is 3. The van der Waals surface area contributed by atoms with E-state index in [1.807, 2.05) is 24.6 Å². The Morgan fingerprint density at radius 1 is 1.19 bits per heavy atom. The van der Waals surface area contributed by atoms with Gasteiger partial charge in [0.2, 0.25) is 0 Å². The fraction of sp³-hybridized carbons (Fsp3) is 0.636. The number of halogens is 3. The van der Waals surface area contributed by atoms with Crippen molar-refractivity contribution in [3.05, 3.63) is 29.6 Å². The number of hydrogen-bond donors (Lipinski definition) is 2. The van der Waals surface area contributed by atoms with Crippen LogP contribution >= 0.6 is 0 Å². The molecule has 0 aromatic carbocycles. The summed E-state index contributed by atoms with van der Waals surface area (Å²) in [6.45, 7) is 6.33. The third kappa shape index (κ3) is 3.51. The van der Waals surface area contributed by atoms with Gasteiger partial charge in [0.25, 0.3) is 0 Å². The maximum Gasteiger partial charge on any atom is 0.419 e. The van der Waals surface area contributed by atoms with Crippen LogP contribution in [0.15, 0.2) is 18.3 Å². The summed E-state index contributed by atoms with van der Waals surface area (Å²) in [7, 11) is 0. The highest BCUT2D eigenvalue weighted by Gasteiger charge is 2.59. The van der Waals surface area contributed by atoms with E-state index in [2.05, 4.69) is 15.0 Å². The van der Waals surface area contributed by atoms with Gasteiger partial charge in [0, 0.05) is 61.1 Å². The van der Waals surface area contributed by atoms with Crippen molar-refractivity contribution >= 4 is 5.82 Å². The third-order valence-corrected chi connectivity index (χ3v) is 7.30. The first-order chi connectivity index (χ1) is 14.7. The summed E-state index contributed by atoms with van der Waals surface area (Å²) >= 11 is 0. The maximum atomic E-state index is 13.3. The lowest BCUT2D eigenvalue weighted by atomic mass is 9.94. The predicted octanol–water partition coefficient (Wildman–Crippen LogP) is 3.54. The van der Waals surface area contributed by atoms with Crippen molar-refractivity contribution in [1.82, 2.24) is 19.7 Å². The zero-order chi connectivity index (χ0) is 22.1. The normalized spacial score (nSPS) is 28.7. The lowest BCUT2D eigenvalue weighted by Gasteiger charge is -2.43. The number of fused-ring (bicyclic) bond motifs is 1. The molecule has 2 aliphatic carbocycles. The minimum atomic E-state index is -4.55. The first kappa shape index (κ1) is 20.8. The molecule has 0 radical (unpaired) electrons. The van der Waals surface area contributed by atoms with Gasteiger partial charge < -0.3 is 10.8 Å². The number of hydrogen-bond acceptors (Lipinski definition) is 5. The van der Waals surface area contributed by atoms with Crippen LogP contribution in [0.25, 0.3) is 11.3 Å². The molecule has 2 aromatic rings. The molecule has 5 rings (SSSR count). The molecule has 31 heavy (non-hydrogen) atoms. The summed E-state index contributed by atoms with van der Waals surface area (Å²) in [4.78, 5) is 6.25. The van der Waals surface area contributed by atoms with Gasteiger partial charge in [-0.05, 0) is 50.7 Å². The Bertz CT molecular complexity index is 970. The number of anilines is 1. The second-order valence-electron chi connectivity index (χ2n) is 9.63. The maximum absolute atomic E-state index is 13.3. The zero-order valence-electron chi connectivity index (χ0n) is 17.7. The first-order valence-electron chi connectivity index (χ1n) is 10.9. The number of nitrogens with two attached hydrogens (primary N) is 1. The summed E-state index contributed by atoms with van der Waals surface area (Å²) in [5.74, 6) is 1.54. The van der Waals surface area contributed by atoms with Gasteiger partial charge >= 0.3 is 6.18 Å². The van der Waals surface area contributed by atoms with Crippen LogP contribution in [0.4, 0.5) is 19.0 Å². The van der Waals surface area contributed by atoms with Crippen LogP contribution < -0.4 is 5.73 Å². The number of nitrogen functional groups attached to an aromatic ring is 1. The molecule has 3 fully saturated rings. The zero-order valence-corrected chi connectivity index (χ0v) is 17.7. The molecule has 0 bridgehead atoms. The van der Waals surface area contributed by atoms with Crippen molar-refractivity contribution in [2.75, 3.05) is 25.4 Å². The topological polar surface area (TPSA) is 80.2 Å². The Labute approximate surface area is 179 Å². The van der Waals surface area contributed by atoms with Gasteiger partial charge in [-0.2, -0.15) is 18.3 Å². The van der Waals surface area contributed by atoms with Crippen LogP contribution in [0.2, 0.25) is 0 Å². The summed E-state index contributed by atoms with van der Waals surface area (Å²) < 4.78 is 41.8. The van der Waals surface area contributed by atoms with Crippen molar-refractivity contribution in [3.63, 3.8) is 0 Å². The van der Waals surface area contributed by atoms with Gasteiger partial charge in [-0.25, -0.2) is 4.98 Å². The minimum Gasteiger partial charge on any atom is -0.396 e. The number of aliphatic hydroxyl groups is 1. The van der Waals surface area contributed by atoms with E-state index in [-0.39, 0.29) is 12.6 Å². The van der Waals surface area contributed by atoms with E-state index < -0.39 is 17.6 Å². The minimum absolute atomic E-state index is 0.116. The van der Waals surface area contributed by atoms with Crippen LogP contribution in [0.1, 0.15) is 49.9 Å². The lowest BCUT2D eigenvalue weighted by Crippen LogP contribution is -2.52. The molecule has 4 atom stereocenters. The number of pyridine rings is 1. The molecule has 3 N–H and O–H groups in total. The van der Waals surface area contributed by atoms with Gasteiger partial charge in [-0.15, -0.1) is 0 Å². The molecule has 3 heterocycles. The Balaban J connectivity index is 1.37. The molecule has 0 unspecified atom stereocenters. The van der Waals surface area contributed by atoms with E-state index >= 15 is 0 Å². The van der Waals surface area contributed by atoms with Crippen LogP contribution in [0, 0.1) is 17.8 Å². The molecule has 1 saturated heterocycles. The molecular weight excluding hydrogens is 407 g/mol. The number of rotatable bonds is 5. The molecular formula is C22H28F3N5O. The smallest absolute Gasteiger partial charge is 0.396 e. The van der Waals surface area contributed by atoms with Crippen molar-refractivity contribution in [2.24, 2.45) is 17.8 Å². The number of nitrogens with zero attached hydrogens (tertiary/aromatic N) is 4. The molecule has 3 aliphatic rings. The summed E-state index contributed by atoms with van der Waals surface area (Å²) in [5, 5.41) is 13.9. The number of likely N-dealkylation sites (tertiary alicyclic amines) is 1. The molecule has 6 nitrogen and oxygen atoms in total. The Kier molecular flexibility index (Phi) is 4.82. The average Bonchev–Trinajstić information content (AvgIpc) is 3.03. The predicted molar refractivity (Wildman–Crippen MR) is 110 cm³/mol. The Morgan fingerprint density at radius 3 is 2.45 bits per heavy atom. The van der Waals surface area contributed by atoms with Gasteiger partial charge in [-0.3, -0.25) is 9.58 Å². The summed E-state index contributed by atoms with van der Waals surface area (Å²) in [6.07, 6.45) is -0.890. The van der Waals surface area contributed by atoms with Crippen molar-refractivity contribution in [1.29, 1.82) is 0 Å². The lowest BCUT2D eigenvalue weighted by molar-refractivity contribution is -0.137. The quantitative estimate of drug-likeness (QED) is 0.751. The highest BCUT2D eigenvalue weighted by atomic mass is 19.4. The van der Waals surface area contributed by atoms with E-state index in [0.29, 0.717) is 41.0 Å². The van der Waals surface area contributed by atoms with Gasteiger partial charge in [0.15, 0.2) is 0 Å². The monoisotopic (exact) mass is 435 g/mol. The second kappa shape index (κ2) is 7.20. The van der Waals surface area contributed by atoms with Gasteiger partial charge in [-0.1, -0.05) is 0 Å². The van der Waals surface area contributed by atoms with E-state index in [0.717, 1.165) is 37.7 Å². The number of aliphatic hydroxyl groups excluding tert-OH is 1. The third-order valence-electron chi connectivity index (χ3n) is 7.30. The summed E-state index contributed by atoms with van der Waals surface area (Å²) in [5.41, 5.74) is 6.49. The Morgan fingerprint density at radius 2 is 1.87 bits per heavy atom. The molecule has 168 valence electrons. The van der Waals surface area contributed by atoms with E-state index in [1.54, 1.807) is 0 Å². The van der Waals surface area contributed by atoms with Crippen molar-refractivity contribution in [3.8, 4) is 11.3 Å². The molecule has 1 aliphatic heterocycles. The molecule has 0 amide bonds. The fourth-order valence-corrected chi connectivity index (χ4v) is 5.63. The Hall–Kier alpha value is -2.13. The van der Waals surface area contributed by atoms with Crippen molar-refractivity contribution in [2.45, 2.75) is 50.9 Å². The highest BCUT2D eigenvalue weighted by molar-refractivity contribution is 5.63. The standard InChI is InChI=1S/C22H28F3N5O/c1-11(2)30-19(20-15-4-14(5-16(15)20)29-8-12(9-29)10-31)6-18(28-30)13-3-17(22(23,24)25)21(26)27-7-13/h3,6-7,11-12,14-16,20,31H,4-5,8-10H2,1-2H3,(H2,26,27)/t14-,15+,16-,20-. The SMILES string of the molecule is CC(C)n1nc(-c2cnc(N)c(C(F)(F)F)c2)cc1[C@H]1[C@@H]2C[C@H](N3CC(CO)C3)C[C@@H]21. The molecule has 2 saturated carbocycles. The fourth-order valence-electron chi connectivity index (χ4n) is 5.63. The van der Waals surface area contributed by atoms with E-state index in [9.17, 15) is 18.3 Å².